The van der Waals surface area contributed by atoms with E-state index in [9.17, 15) is 0 Å². The van der Waals surface area contributed by atoms with E-state index < -0.39 is 5.54 Å². The van der Waals surface area contributed by atoms with Crippen LogP contribution in [0.5, 0.6) is 0 Å². The number of pyridine rings is 1. The Bertz CT molecular complexity index is 524. The van der Waals surface area contributed by atoms with Crippen LogP contribution in [0.3, 0.4) is 0 Å². The number of rotatable bonds is 3. The van der Waals surface area contributed by atoms with E-state index in [1.165, 1.54) is 0 Å². The number of aromatic nitrogens is 1. The van der Waals surface area contributed by atoms with E-state index in [1.54, 1.807) is 12.4 Å². The fraction of sp³-hybridized carbons (Fsp3) is 0.500. The number of nitrogens with zero attached hydrogens (tertiary/aromatic N) is 2. The molecule has 112 valence electrons. The summed E-state index contributed by atoms with van der Waals surface area (Å²) in [5, 5.41) is 0. The Morgan fingerprint density at radius 1 is 1.29 bits per heavy atom. The molecule has 0 aliphatic carbocycles. The minimum absolute atomic E-state index is 0.0700. The Balaban J connectivity index is 1.99. The molecule has 0 bridgehead atoms. The molecule has 0 aromatic carbocycles. The topological polar surface area (TPSA) is 86.5 Å². The van der Waals surface area contributed by atoms with Gasteiger partial charge in [-0.05, 0) is 37.0 Å². The third-order valence-corrected chi connectivity index (χ3v) is 4.56. The zero-order chi connectivity index (χ0) is 14.7. The van der Waals surface area contributed by atoms with Gasteiger partial charge in [-0.25, -0.2) is 0 Å². The van der Waals surface area contributed by atoms with Crippen LogP contribution < -0.4 is 11.5 Å². The Morgan fingerprint density at radius 3 is 2.76 bits per heavy atom. The van der Waals surface area contributed by atoms with Crippen molar-refractivity contribution >= 4 is 6.21 Å². The molecule has 5 nitrogen and oxygen atoms in total. The number of ether oxygens (including phenoxy) is 1. The average molecular weight is 286 g/mol. The van der Waals surface area contributed by atoms with Crippen molar-refractivity contribution in [2.24, 2.45) is 22.4 Å². The van der Waals surface area contributed by atoms with Crippen LogP contribution in [0, 0.1) is 5.92 Å². The van der Waals surface area contributed by atoms with Crippen molar-refractivity contribution in [3.05, 3.63) is 42.4 Å². The molecule has 0 saturated carbocycles. The molecular weight excluding hydrogens is 264 g/mol. The van der Waals surface area contributed by atoms with Gasteiger partial charge in [-0.2, -0.15) is 0 Å². The van der Waals surface area contributed by atoms with Crippen LogP contribution in [-0.4, -0.2) is 36.0 Å². The molecule has 5 heteroatoms. The normalized spacial score (nSPS) is 31.2. The van der Waals surface area contributed by atoms with Gasteiger partial charge in [0.25, 0.3) is 0 Å². The zero-order valence-electron chi connectivity index (χ0n) is 12.1. The third kappa shape index (κ3) is 2.77. The van der Waals surface area contributed by atoms with Crippen molar-refractivity contribution in [2.75, 3.05) is 13.2 Å². The minimum atomic E-state index is -0.655. The molecule has 0 radical (unpaired) electrons. The smallest absolute Gasteiger partial charge is 0.0649 e. The number of aliphatic imine (C=N–C) groups is 1. The second kappa shape index (κ2) is 6.05. The highest BCUT2D eigenvalue weighted by Crippen LogP contribution is 2.40. The zero-order valence-corrected chi connectivity index (χ0v) is 12.1. The summed E-state index contributed by atoms with van der Waals surface area (Å²) in [4.78, 5) is 8.67. The van der Waals surface area contributed by atoms with E-state index in [-0.39, 0.29) is 12.0 Å². The Hall–Kier alpha value is -1.56. The lowest BCUT2D eigenvalue weighted by atomic mass is 9.68. The number of hydrogen-bond donors (Lipinski definition) is 2. The van der Waals surface area contributed by atoms with E-state index in [0.717, 1.165) is 31.7 Å². The molecule has 2 aliphatic rings. The van der Waals surface area contributed by atoms with Crippen LogP contribution >= 0.6 is 0 Å². The van der Waals surface area contributed by atoms with Gasteiger partial charge in [0.15, 0.2) is 0 Å². The molecule has 4 N–H and O–H groups in total. The van der Waals surface area contributed by atoms with Crippen molar-refractivity contribution in [2.45, 2.75) is 30.3 Å². The van der Waals surface area contributed by atoms with Crippen molar-refractivity contribution < 1.29 is 4.74 Å². The molecule has 1 fully saturated rings. The molecule has 0 amide bonds. The lowest BCUT2D eigenvalue weighted by Crippen LogP contribution is -2.61. The Kier molecular flexibility index (Phi) is 4.14. The summed E-state index contributed by atoms with van der Waals surface area (Å²) in [6.45, 7) is 1.55. The van der Waals surface area contributed by atoms with Gasteiger partial charge in [-0.15, -0.1) is 0 Å². The molecular formula is C16H22N4O. The Morgan fingerprint density at radius 2 is 2.10 bits per heavy atom. The lowest BCUT2D eigenvalue weighted by Gasteiger charge is -2.44. The van der Waals surface area contributed by atoms with E-state index >= 15 is 0 Å². The SMILES string of the molecule is NC1C=NC=CC1(N)C(c1ccccn1)C1CCOCC1. The monoisotopic (exact) mass is 286 g/mol. The number of nitrogens with two attached hydrogens (primary N) is 2. The van der Waals surface area contributed by atoms with E-state index in [1.807, 2.05) is 30.5 Å². The molecule has 1 saturated heterocycles. The molecule has 1 aromatic heterocycles. The molecule has 3 heterocycles. The fourth-order valence-corrected chi connectivity index (χ4v) is 3.38. The first-order valence-corrected chi connectivity index (χ1v) is 7.46. The molecule has 0 spiro atoms. The average Bonchev–Trinajstić information content (AvgIpc) is 2.53. The summed E-state index contributed by atoms with van der Waals surface area (Å²) in [5.74, 6) is 0.487. The summed E-state index contributed by atoms with van der Waals surface area (Å²) in [6, 6.07) is 5.66. The molecule has 1 aromatic rings. The summed E-state index contributed by atoms with van der Waals surface area (Å²) < 4.78 is 5.50. The fourth-order valence-electron chi connectivity index (χ4n) is 3.38. The van der Waals surface area contributed by atoms with E-state index in [0.29, 0.717) is 5.92 Å². The van der Waals surface area contributed by atoms with Crippen molar-refractivity contribution in [3.63, 3.8) is 0 Å². The maximum Gasteiger partial charge on any atom is 0.0649 e. The van der Waals surface area contributed by atoms with Crippen LogP contribution in [0.1, 0.15) is 24.5 Å². The maximum absolute atomic E-state index is 6.73. The van der Waals surface area contributed by atoms with Gasteiger partial charge in [-0.1, -0.05) is 6.07 Å². The molecule has 21 heavy (non-hydrogen) atoms. The minimum Gasteiger partial charge on any atom is -0.381 e. The predicted octanol–water partition coefficient (Wildman–Crippen LogP) is 1.21. The summed E-state index contributed by atoms with van der Waals surface area (Å²) in [7, 11) is 0. The van der Waals surface area contributed by atoms with Crippen molar-refractivity contribution in [1.82, 2.24) is 4.98 Å². The number of hydrogen-bond acceptors (Lipinski definition) is 5. The first-order chi connectivity index (χ1) is 10.2. The predicted molar refractivity (Wildman–Crippen MR) is 83.0 cm³/mol. The van der Waals surface area contributed by atoms with Crippen LogP contribution in [-0.2, 0) is 4.74 Å². The first kappa shape index (κ1) is 14.4. The summed E-state index contributed by atoms with van der Waals surface area (Å²) in [6.07, 6.45) is 9.20. The van der Waals surface area contributed by atoms with Gasteiger partial charge >= 0.3 is 0 Å². The van der Waals surface area contributed by atoms with Crippen LogP contribution in [0.25, 0.3) is 0 Å². The van der Waals surface area contributed by atoms with Crippen LogP contribution in [0.2, 0.25) is 0 Å². The lowest BCUT2D eigenvalue weighted by molar-refractivity contribution is 0.0490. The van der Waals surface area contributed by atoms with Crippen LogP contribution in [0.4, 0.5) is 0 Å². The summed E-state index contributed by atoms with van der Waals surface area (Å²) >= 11 is 0. The Labute approximate surface area is 125 Å². The second-order valence-corrected chi connectivity index (χ2v) is 5.82. The van der Waals surface area contributed by atoms with E-state index in [4.69, 9.17) is 16.2 Å². The summed E-state index contributed by atoms with van der Waals surface area (Å²) in [5.41, 5.74) is 13.3. The molecule has 2 aliphatic heterocycles. The quantitative estimate of drug-likeness (QED) is 0.874. The van der Waals surface area contributed by atoms with Crippen molar-refractivity contribution in [1.29, 1.82) is 0 Å². The van der Waals surface area contributed by atoms with Gasteiger partial charge in [0.2, 0.25) is 0 Å². The third-order valence-electron chi connectivity index (χ3n) is 4.56. The van der Waals surface area contributed by atoms with Gasteiger partial charge in [-0.3, -0.25) is 9.98 Å². The van der Waals surface area contributed by atoms with Crippen molar-refractivity contribution in [3.8, 4) is 0 Å². The maximum atomic E-state index is 6.73. The van der Waals surface area contributed by atoms with Gasteiger partial charge < -0.3 is 16.2 Å². The van der Waals surface area contributed by atoms with Gasteiger partial charge in [0.05, 0.1) is 11.6 Å². The highest BCUT2D eigenvalue weighted by molar-refractivity contribution is 5.70. The molecule has 3 atom stereocenters. The second-order valence-electron chi connectivity index (χ2n) is 5.82. The molecule has 3 rings (SSSR count). The van der Waals surface area contributed by atoms with Gasteiger partial charge in [0.1, 0.15) is 0 Å². The van der Waals surface area contributed by atoms with Gasteiger partial charge in [0, 0.05) is 43.4 Å². The highest BCUT2D eigenvalue weighted by atomic mass is 16.5. The molecule has 3 unspecified atom stereocenters. The van der Waals surface area contributed by atoms with Crippen LogP contribution in [0.15, 0.2) is 41.7 Å². The largest absolute Gasteiger partial charge is 0.381 e. The highest BCUT2D eigenvalue weighted by Gasteiger charge is 2.44. The first-order valence-electron chi connectivity index (χ1n) is 7.46. The van der Waals surface area contributed by atoms with E-state index in [2.05, 4.69) is 9.98 Å². The standard InChI is InChI=1S/C16H22N4O/c17-14-11-19-8-6-16(14,18)15(12-4-9-21-10-5-12)13-3-1-2-7-20-13/h1-3,6-8,11-12,14-15H,4-5,9-10,17-18H2.